The highest BCUT2D eigenvalue weighted by Crippen LogP contribution is 2.23. The molecule has 1 aromatic rings. The average Bonchev–Trinajstić information content (AvgIpc) is 2.25. The second-order valence-corrected chi connectivity index (χ2v) is 4.08. The lowest BCUT2D eigenvalue weighted by Gasteiger charge is -2.08. The first-order chi connectivity index (χ1) is 7.19. The summed E-state index contributed by atoms with van der Waals surface area (Å²) in [6.45, 7) is 0.444. The normalized spacial score (nSPS) is 9.80. The van der Waals surface area contributed by atoms with Crippen LogP contribution in [0.25, 0.3) is 0 Å². The van der Waals surface area contributed by atoms with Crippen LogP contribution in [0.15, 0.2) is 22.7 Å². The first-order valence-corrected chi connectivity index (χ1v) is 5.69. The van der Waals surface area contributed by atoms with E-state index in [0.717, 1.165) is 4.47 Å². The quantitative estimate of drug-likeness (QED) is 0.866. The number of hydrogen-bond donors (Lipinski definition) is 1. The molecule has 0 unspecified atom stereocenters. The molecule has 0 aliphatic rings. The molecule has 0 aliphatic heterocycles. The number of ether oxygens (including phenoxy) is 1. The monoisotopic (exact) mass is 291 g/mol. The largest absolute Gasteiger partial charge is 0.496 e. The molecule has 1 N–H and O–H groups in total. The van der Waals surface area contributed by atoms with Gasteiger partial charge in [0.1, 0.15) is 5.75 Å². The second kappa shape index (κ2) is 5.98. The topological polar surface area (TPSA) is 38.3 Å². The third-order valence-corrected chi connectivity index (χ3v) is 2.47. The summed E-state index contributed by atoms with van der Waals surface area (Å²) in [7, 11) is 1.53. The predicted octanol–water partition coefficient (Wildman–Crippen LogP) is 2.43. The number of halogens is 2. The zero-order valence-electron chi connectivity index (χ0n) is 8.22. The van der Waals surface area contributed by atoms with Gasteiger partial charge in [-0.2, -0.15) is 0 Å². The SMILES string of the molecule is COc1cc(Br)ccc1C(=O)NCCCl. The van der Waals surface area contributed by atoms with E-state index in [1.807, 2.05) is 0 Å². The summed E-state index contributed by atoms with van der Waals surface area (Å²) in [5, 5.41) is 2.68. The lowest BCUT2D eigenvalue weighted by atomic mass is 10.2. The lowest BCUT2D eigenvalue weighted by Crippen LogP contribution is -2.25. The summed E-state index contributed by atoms with van der Waals surface area (Å²) in [5.74, 6) is 0.751. The first-order valence-electron chi connectivity index (χ1n) is 4.36. The van der Waals surface area contributed by atoms with Crippen molar-refractivity contribution in [2.24, 2.45) is 0 Å². The summed E-state index contributed by atoms with van der Waals surface area (Å²) < 4.78 is 5.97. The standard InChI is InChI=1S/C10H11BrClNO2/c1-15-9-6-7(11)2-3-8(9)10(14)13-5-4-12/h2-3,6H,4-5H2,1H3,(H,13,14). The van der Waals surface area contributed by atoms with Crippen LogP contribution in [0.5, 0.6) is 5.75 Å². The van der Waals surface area contributed by atoms with E-state index in [0.29, 0.717) is 23.7 Å². The molecular formula is C10H11BrClNO2. The molecular weight excluding hydrogens is 281 g/mol. The van der Waals surface area contributed by atoms with Gasteiger partial charge in [-0.1, -0.05) is 15.9 Å². The van der Waals surface area contributed by atoms with Crippen LogP contribution in [0.3, 0.4) is 0 Å². The fourth-order valence-corrected chi connectivity index (χ4v) is 1.54. The number of benzene rings is 1. The molecule has 1 amide bonds. The van der Waals surface area contributed by atoms with Gasteiger partial charge in [-0.25, -0.2) is 0 Å². The maximum Gasteiger partial charge on any atom is 0.255 e. The van der Waals surface area contributed by atoms with Gasteiger partial charge in [-0.15, -0.1) is 11.6 Å². The molecule has 0 radical (unpaired) electrons. The molecule has 0 saturated carbocycles. The van der Waals surface area contributed by atoms with E-state index >= 15 is 0 Å². The molecule has 3 nitrogen and oxygen atoms in total. The van der Waals surface area contributed by atoms with Crippen molar-refractivity contribution in [1.29, 1.82) is 0 Å². The van der Waals surface area contributed by atoms with Crippen molar-refractivity contribution in [3.05, 3.63) is 28.2 Å². The van der Waals surface area contributed by atoms with Crippen molar-refractivity contribution in [3.63, 3.8) is 0 Å². The Morgan fingerprint density at radius 1 is 1.60 bits per heavy atom. The molecule has 0 heterocycles. The summed E-state index contributed by atoms with van der Waals surface area (Å²) in [5.41, 5.74) is 0.505. The fourth-order valence-electron chi connectivity index (χ4n) is 1.11. The van der Waals surface area contributed by atoms with E-state index in [4.69, 9.17) is 16.3 Å². The minimum absolute atomic E-state index is 0.181. The number of amides is 1. The van der Waals surface area contributed by atoms with E-state index in [-0.39, 0.29) is 5.91 Å². The molecule has 82 valence electrons. The van der Waals surface area contributed by atoms with Crippen LogP contribution in [0.4, 0.5) is 0 Å². The van der Waals surface area contributed by atoms with Crippen LogP contribution in [0, 0.1) is 0 Å². The summed E-state index contributed by atoms with van der Waals surface area (Å²) in [6.07, 6.45) is 0. The minimum atomic E-state index is -0.181. The lowest BCUT2D eigenvalue weighted by molar-refractivity contribution is 0.0953. The Bertz CT molecular complexity index is 357. The van der Waals surface area contributed by atoms with Crippen molar-refractivity contribution < 1.29 is 9.53 Å². The van der Waals surface area contributed by atoms with Gasteiger partial charge >= 0.3 is 0 Å². The third kappa shape index (κ3) is 3.39. The van der Waals surface area contributed by atoms with Crippen LogP contribution < -0.4 is 10.1 Å². The van der Waals surface area contributed by atoms with E-state index < -0.39 is 0 Å². The second-order valence-electron chi connectivity index (χ2n) is 2.79. The van der Waals surface area contributed by atoms with Gasteiger partial charge < -0.3 is 10.1 Å². The van der Waals surface area contributed by atoms with Gasteiger partial charge in [0.25, 0.3) is 5.91 Å². The zero-order chi connectivity index (χ0) is 11.3. The molecule has 0 aromatic heterocycles. The summed E-state index contributed by atoms with van der Waals surface area (Å²) in [6, 6.07) is 5.24. The number of hydrogen-bond acceptors (Lipinski definition) is 2. The van der Waals surface area contributed by atoms with E-state index in [2.05, 4.69) is 21.2 Å². The van der Waals surface area contributed by atoms with Gasteiger partial charge in [-0.05, 0) is 18.2 Å². The molecule has 0 bridgehead atoms. The van der Waals surface area contributed by atoms with Crippen LogP contribution >= 0.6 is 27.5 Å². The van der Waals surface area contributed by atoms with E-state index in [9.17, 15) is 4.79 Å². The van der Waals surface area contributed by atoms with E-state index in [1.54, 1.807) is 18.2 Å². The average molecular weight is 293 g/mol. The summed E-state index contributed by atoms with van der Waals surface area (Å²) >= 11 is 8.78. The Morgan fingerprint density at radius 3 is 2.93 bits per heavy atom. The molecule has 0 aliphatic carbocycles. The Hall–Kier alpha value is -0.740. The van der Waals surface area contributed by atoms with Crippen molar-refractivity contribution in [1.82, 2.24) is 5.32 Å². The van der Waals surface area contributed by atoms with E-state index in [1.165, 1.54) is 7.11 Å². The molecule has 15 heavy (non-hydrogen) atoms. The smallest absolute Gasteiger partial charge is 0.255 e. The maximum atomic E-state index is 11.6. The number of carbonyl (C=O) groups is 1. The fraction of sp³-hybridized carbons (Fsp3) is 0.300. The van der Waals surface area contributed by atoms with Crippen molar-refractivity contribution in [2.75, 3.05) is 19.5 Å². The minimum Gasteiger partial charge on any atom is -0.496 e. The molecule has 1 aromatic carbocycles. The van der Waals surface area contributed by atoms with Crippen molar-refractivity contribution in [2.45, 2.75) is 0 Å². The predicted molar refractivity (Wildman–Crippen MR) is 63.7 cm³/mol. The first kappa shape index (κ1) is 12.3. The Labute approximate surface area is 102 Å². The van der Waals surface area contributed by atoms with Gasteiger partial charge in [0.05, 0.1) is 12.7 Å². The zero-order valence-corrected chi connectivity index (χ0v) is 10.6. The van der Waals surface area contributed by atoms with Crippen LogP contribution in [0.2, 0.25) is 0 Å². The number of carbonyl (C=O) groups excluding carboxylic acids is 1. The molecule has 0 fully saturated rings. The van der Waals surface area contributed by atoms with Crippen molar-refractivity contribution in [3.8, 4) is 5.75 Å². The van der Waals surface area contributed by atoms with Gasteiger partial charge in [0, 0.05) is 16.9 Å². The van der Waals surface area contributed by atoms with Gasteiger partial charge in [0.2, 0.25) is 0 Å². The van der Waals surface area contributed by atoms with Crippen molar-refractivity contribution >= 4 is 33.4 Å². The van der Waals surface area contributed by atoms with Crippen LogP contribution in [-0.2, 0) is 0 Å². The highest BCUT2D eigenvalue weighted by atomic mass is 79.9. The molecule has 5 heteroatoms. The summed E-state index contributed by atoms with van der Waals surface area (Å²) in [4.78, 5) is 11.6. The van der Waals surface area contributed by atoms with Crippen LogP contribution in [-0.4, -0.2) is 25.4 Å². The van der Waals surface area contributed by atoms with Gasteiger partial charge in [-0.3, -0.25) is 4.79 Å². The Kier molecular flexibility index (Phi) is 4.91. The van der Waals surface area contributed by atoms with Gasteiger partial charge in [0.15, 0.2) is 0 Å². The highest BCUT2D eigenvalue weighted by Gasteiger charge is 2.11. The molecule has 0 atom stereocenters. The highest BCUT2D eigenvalue weighted by molar-refractivity contribution is 9.10. The van der Waals surface area contributed by atoms with Crippen LogP contribution in [0.1, 0.15) is 10.4 Å². The number of nitrogens with one attached hydrogen (secondary N) is 1. The molecule has 1 rings (SSSR count). The Balaban J connectivity index is 2.87. The third-order valence-electron chi connectivity index (χ3n) is 1.79. The number of alkyl halides is 1. The Morgan fingerprint density at radius 2 is 2.33 bits per heavy atom. The number of rotatable bonds is 4. The number of methoxy groups -OCH3 is 1. The molecule has 0 saturated heterocycles. The molecule has 0 spiro atoms. The maximum absolute atomic E-state index is 11.6.